The van der Waals surface area contributed by atoms with E-state index in [1.807, 2.05) is 6.07 Å². The minimum absolute atomic E-state index is 0. The van der Waals surface area contributed by atoms with Crippen LogP contribution in [0.3, 0.4) is 0 Å². The number of hydrogen-bond acceptors (Lipinski definition) is 6. The maximum Gasteiger partial charge on any atom is 0.573 e. The topological polar surface area (TPSA) is 108 Å². The highest BCUT2D eigenvalue weighted by atomic mass is 35.5. The molecule has 1 aliphatic carbocycles. The number of halogens is 4. The van der Waals surface area contributed by atoms with Crippen molar-refractivity contribution in [2.24, 2.45) is 0 Å². The second kappa shape index (κ2) is 7.77. The summed E-state index contributed by atoms with van der Waals surface area (Å²) in [5.74, 6) is -1.30. The second-order valence-electron chi connectivity index (χ2n) is 6.54. The molecule has 154 valence electrons. The van der Waals surface area contributed by atoms with Gasteiger partial charge in [-0.25, -0.2) is 8.42 Å². The van der Waals surface area contributed by atoms with Crippen molar-refractivity contribution in [1.29, 1.82) is 5.26 Å². The van der Waals surface area contributed by atoms with Crippen LogP contribution in [-0.4, -0.2) is 44.1 Å². The zero-order chi connectivity index (χ0) is 19.9. The van der Waals surface area contributed by atoms with Crippen molar-refractivity contribution in [3.8, 4) is 11.8 Å². The number of nitrogens with zero attached hydrogens (tertiary/aromatic N) is 1. The lowest BCUT2D eigenvalue weighted by atomic mass is 10.2. The number of ether oxygens (including phenoxy) is 1. The van der Waals surface area contributed by atoms with Crippen LogP contribution in [0.1, 0.15) is 19.3 Å². The van der Waals surface area contributed by atoms with Crippen LogP contribution in [0.4, 0.5) is 13.2 Å². The molecule has 0 aromatic heterocycles. The van der Waals surface area contributed by atoms with Gasteiger partial charge in [0, 0.05) is 6.54 Å². The first kappa shape index (κ1) is 22.3. The van der Waals surface area contributed by atoms with E-state index in [2.05, 4.69) is 15.4 Å². The summed E-state index contributed by atoms with van der Waals surface area (Å²) in [6.45, 7) is -0.0969. The average Bonchev–Trinajstić information content (AvgIpc) is 3.16. The number of nitrogens with one attached hydrogen (secondary N) is 2. The highest BCUT2D eigenvalue weighted by molar-refractivity contribution is 7.92. The Morgan fingerprint density at radius 2 is 1.96 bits per heavy atom. The van der Waals surface area contributed by atoms with Crippen molar-refractivity contribution in [2.75, 3.05) is 6.54 Å². The fraction of sp³-hybridized carbons (Fsp3) is 0.500. The highest BCUT2D eigenvalue weighted by Crippen LogP contribution is 2.36. The predicted molar refractivity (Wildman–Crippen MR) is 93.5 cm³/mol. The molecule has 1 amide bonds. The first-order chi connectivity index (χ1) is 12.6. The Kier molecular flexibility index (Phi) is 6.18. The lowest BCUT2D eigenvalue weighted by Crippen LogP contribution is -2.45. The van der Waals surface area contributed by atoms with Crippen molar-refractivity contribution in [3.63, 3.8) is 0 Å². The number of para-hydroxylation sites is 1. The van der Waals surface area contributed by atoms with Gasteiger partial charge in [-0.05, 0) is 31.4 Å². The molecule has 1 aromatic carbocycles. The van der Waals surface area contributed by atoms with E-state index in [1.54, 1.807) is 0 Å². The minimum atomic E-state index is -5.03. The molecule has 7 nitrogen and oxygen atoms in total. The van der Waals surface area contributed by atoms with Crippen LogP contribution in [0.2, 0.25) is 0 Å². The maximum atomic E-state index is 12.8. The van der Waals surface area contributed by atoms with Gasteiger partial charge in [-0.3, -0.25) is 4.79 Å². The number of carbonyl (C=O) groups excluding carboxylic acids is 1. The largest absolute Gasteiger partial charge is 0.573 e. The van der Waals surface area contributed by atoms with Gasteiger partial charge in [0.25, 0.3) is 0 Å². The second-order valence-corrected chi connectivity index (χ2v) is 8.74. The molecule has 0 radical (unpaired) electrons. The Balaban J connectivity index is 0.00000280. The fourth-order valence-corrected chi connectivity index (χ4v) is 4.70. The lowest BCUT2D eigenvalue weighted by molar-refractivity contribution is -0.275. The Morgan fingerprint density at radius 3 is 2.54 bits per heavy atom. The van der Waals surface area contributed by atoms with Crippen LogP contribution in [0, 0.1) is 11.3 Å². The summed E-state index contributed by atoms with van der Waals surface area (Å²) in [4.78, 5) is 11.7. The van der Waals surface area contributed by atoms with E-state index >= 15 is 0 Å². The first-order valence-corrected chi connectivity index (χ1v) is 9.66. The van der Waals surface area contributed by atoms with E-state index in [9.17, 15) is 26.4 Å². The molecule has 1 saturated heterocycles. The fourth-order valence-electron chi connectivity index (χ4n) is 2.93. The molecular weight excluding hydrogens is 423 g/mol. The van der Waals surface area contributed by atoms with Gasteiger partial charge in [-0.2, -0.15) is 5.26 Å². The van der Waals surface area contributed by atoms with E-state index in [4.69, 9.17) is 5.26 Å². The molecule has 1 heterocycles. The van der Waals surface area contributed by atoms with Gasteiger partial charge in [-0.1, -0.05) is 12.1 Å². The smallest absolute Gasteiger partial charge is 0.404 e. The quantitative estimate of drug-likeness (QED) is 0.722. The summed E-state index contributed by atoms with van der Waals surface area (Å²) in [6.07, 6.45) is -4.08. The third-order valence-corrected chi connectivity index (χ3v) is 6.74. The predicted octanol–water partition coefficient (Wildman–Crippen LogP) is 1.68. The molecule has 1 aliphatic heterocycles. The van der Waals surface area contributed by atoms with Gasteiger partial charge in [0.05, 0.1) is 17.4 Å². The Bertz CT molecular complexity index is 897. The number of nitriles is 1. The molecular formula is C16H17ClF3N3O4S. The normalized spacial score (nSPS) is 23.2. The van der Waals surface area contributed by atoms with E-state index in [1.165, 1.54) is 12.1 Å². The number of carbonyl (C=O) groups is 1. The molecule has 2 N–H and O–H groups in total. The van der Waals surface area contributed by atoms with E-state index in [-0.39, 0.29) is 25.4 Å². The molecule has 12 heteroatoms. The highest BCUT2D eigenvalue weighted by Gasteiger charge is 2.47. The number of rotatable bonds is 5. The Labute approximate surface area is 165 Å². The minimum Gasteiger partial charge on any atom is -0.404 e. The lowest BCUT2D eigenvalue weighted by Gasteiger charge is -2.16. The van der Waals surface area contributed by atoms with E-state index in [0.29, 0.717) is 12.8 Å². The molecule has 2 fully saturated rings. The standard InChI is InChI=1S/C16H16F3N3O4S.ClH/c17-16(18,19)26-12-3-1-2-4-13(12)27(24,25)10-7-11(21-8-10)14(23)22-15(9-20)5-6-15;/h1-4,10-11,21H,5-8H2,(H,22,23);1H/t10-,11+;/m1./s1. The molecule has 0 spiro atoms. The van der Waals surface area contributed by atoms with E-state index < -0.39 is 49.6 Å². The number of benzene rings is 1. The zero-order valence-electron chi connectivity index (χ0n) is 14.3. The van der Waals surface area contributed by atoms with Crippen molar-refractivity contribution in [2.45, 2.75) is 47.4 Å². The Hall–Kier alpha value is -2.03. The summed E-state index contributed by atoms with van der Waals surface area (Å²) < 4.78 is 67.0. The maximum absolute atomic E-state index is 12.8. The first-order valence-electron chi connectivity index (χ1n) is 8.12. The molecule has 2 aliphatic rings. The summed E-state index contributed by atoms with van der Waals surface area (Å²) >= 11 is 0. The van der Waals surface area contributed by atoms with Crippen LogP contribution >= 0.6 is 12.4 Å². The van der Waals surface area contributed by atoms with Gasteiger partial charge in [-0.15, -0.1) is 25.6 Å². The van der Waals surface area contributed by atoms with Crippen molar-refractivity contribution in [1.82, 2.24) is 10.6 Å². The summed E-state index contributed by atoms with van der Waals surface area (Å²) in [5.41, 5.74) is -0.886. The van der Waals surface area contributed by atoms with Gasteiger partial charge in [0.15, 0.2) is 9.84 Å². The van der Waals surface area contributed by atoms with Crippen molar-refractivity contribution in [3.05, 3.63) is 24.3 Å². The van der Waals surface area contributed by atoms with Crippen LogP contribution in [0.25, 0.3) is 0 Å². The molecule has 0 bridgehead atoms. The number of alkyl halides is 3. The van der Waals surface area contributed by atoms with Crippen LogP contribution in [0.5, 0.6) is 5.75 Å². The average molecular weight is 440 g/mol. The molecule has 2 atom stereocenters. The number of amides is 1. The van der Waals surface area contributed by atoms with E-state index in [0.717, 1.165) is 12.1 Å². The summed E-state index contributed by atoms with van der Waals surface area (Å²) in [7, 11) is -4.17. The van der Waals surface area contributed by atoms with Crippen LogP contribution in [-0.2, 0) is 14.6 Å². The molecule has 28 heavy (non-hydrogen) atoms. The SMILES string of the molecule is Cl.N#CC1(NC(=O)[C@@H]2C[C@@H](S(=O)(=O)c3ccccc3OC(F)(F)F)CN2)CC1. The molecule has 1 saturated carbocycles. The number of sulfone groups is 1. The van der Waals surface area contributed by atoms with Crippen LogP contribution in [0.15, 0.2) is 29.2 Å². The van der Waals surface area contributed by atoms with Gasteiger partial charge in [0.1, 0.15) is 16.2 Å². The van der Waals surface area contributed by atoms with Gasteiger partial charge in [0.2, 0.25) is 5.91 Å². The monoisotopic (exact) mass is 439 g/mol. The third kappa shape index (κ3) is 4.68. The Morgan fingerprint density at radius 1 is 1.32 bits per heavy atom. The molecule has 3 rings (SSSR count). The van der Waals surface area contributed by atoms with Gasteiger partial charge < -0.3 is 15.4 Å². The van der Waals surface area contributed by atoms with Crippen LogP contribution < -0.4 is 15.4 Å². The van der Waals surface area contributed by atoms with Crippen molar-refractivity contribution >= 4 is 28.2 Å². The zero-order valence-corrected chi connectivity index (χ0v) is 16.0. The summed E-state index contributed by atoms with van der Waals surface area (Å²) in [6, 6.07) is 5.66. The molecule has 0 unspecified atom stereocenters. The third-order valence-electron chi connectivity index (χ3n) is 4.55. The van der Waals surface area contributed by atoms with Gasteiger partial charge >= 0.3 is 6.36 Å². The molecule has 1 aromatic rings. The van der Waals surface area contributed by atoms with Crippen molar-refractivity contribution < 1.29 is 31.1 Å². The summed E-state index contributed by atoms with van der Waals surface area (Å²) in [5, 5.41) is 13.3. The number of hydrogen-bond donors (Lipinski definition) is 2.